The third-order valence-corrected chi connectivity index (χ3v) is 3.70. The second kappa shape index (κ2) is 5.05. The van der Waals surface area contributed by atoms with E-state index < -0.39 is 0 Å². The van der Waals surface area contributed by atoms with E-state index in [4.69, 9.17) is 4.74 Å². The van der Waals surface area contributed by atoms with Gasteiger partial charge in [-0.05, 0) is 13.3 Å². The molecule has 102 valence electrons. The molecule has 0 radical (unpaired) electrons. The number of anilines is 2. The second-order valence-corrected chi connectivity index (χ2v) is 4.89. The van der Waals surface area contributed by atoms with Gasteiger partial charge in [-0.15, -0.1) is 0 Å². The van der Waals surface area contributed by atoms with Crippen LogP contribution in [0.4, 0.5) is 11.6 Å². The van der Waals surface area contributed by atoms with Crippen LogP contribution in [0.15, 0.2) is 18.6 Å². The fourth-order valence-electron chi connectivity index (χ4n) is 2.44. The van der Waals surface area contributed by atoms with Crippen LogP contribution < -0.4 is 10.6 Å². The number of imidazole rings is 1. The van der Waals surface area contributed by atoms with Crippen LogP contribution in [0.1, 0.15) is 13.3 Å². The molecule has 3 rings (SSSR count). The first-order chi connectivity index (χ1) is 9.28. The minimum atomic E-state index is 0.316. The van der Waals surface area contributed by atoms with Crippen LogP contribution in [0.25, 0.3) is 5.65 Å². The minimum absolute atomic E-state index is 0.316. The highest BCUT2D eigenvalue weighted by Crippen LogP contribution is 2.22. The number of hydrogen-bond donors (Lipinski definition) is 2. The standard InChI is InChI=1S/C13H19N5O/c1-9-10(3-6-19-9)7-16-12-13-15-4-5-18(13)8-11(14-2)17-12/h4-5,8-10,14H,3,6-7H2,1-2H3,(H,16,17). The molecule has 0 amide bonds. The van der Waals surface area contributed by atoms with Gasteiger partial charge in [0.25, 0.3) is 0 Å². The lowest BCUT2D eigenvalue weighted by molar-refractivity contribution is 0.108. The van der Waals surface area contributed by atoms with Crippen molar-refractivity contribution in [3.63, 3.8) is 0 Å². The molecule has 2 N–H and O–H groups in total. The van der Waals surface area contributed by atoms with Crippen LogP contribution in [0.2, 0.25) is 0 Å². The summed E-state index contributed by atoms with van der Waals surface area (Å²) in [5.41, 5.74) is 0.852. The van der Waals surface area contributed by atoms with E-state index in [2.05, 4.69) is 27.5 Å². The fourth-order valence-corrected chi connectivity index (χ4v) is 2.44. The Morgan fingerprint density at radius 2 is 2.42 bits per heavy atom. The highest BCUT2D eigenvalue weighted by molar-refractivity contribution is 5.65. The Bertz CT molecular complexity index is 567. The van der Waals surface area contributed by atoms with E-state index in [1.54, 1.807) is 6.20 Å². The number of rotatable bonds is 4. The van der Waals surface area contributed by atoms with Crippen molar-refractivity contribution in [3.8, 4) is 0 Å². The maximum absolute atomic E-state index is 5.58. The zero-order chi connectivity index (χ0) is 13.2. The Hall–Kier alpha value is -1.82. The van der Waals surface area contributed by atoms with Crippen LogP contribution in [0, 0.1) is 5.92 Å². The first-order valence-electron chi connectivity index (χ1n) is 6.65. The highest BCUT2D eigenvalue weighted by atomic mass is 16.5. The fraction of sp³-hybridized carbons (Fsp3) is 0.538. The van der Waals surface area contributed by atoms with Gasteiger partial charge in [-0.2, -0.15) is 0 Å². The number of aromatic nitrogens is 3. The summed E-state index contributed by atoms with van der Waals surface area (Å²) in [7, 11) is 1.86. The molecule has 1 aliphatic heterocycles. The van der Waals surface area contributed by atoms with Crippen LogP contribution in [0.5, 0.6) is 0 Å². The van der Waals surface area contributed by atoms with Crippen molar-refractivity contribution >= 4 is 17.3 Å². The van der Waals surface area contributed by atoms with Gasteiger partial charge >= 0.3 is 0 Å². The number of fused-ring (bicyclic) bond motifs is 1. The topological polar surface area (TPSA) is 63.5 Å². The van der Waals surface area contributed by atoms with E-state index in [0.29, 0.717) is 12.0 Å². The number of nitrogens with zero attached hydrogens (tertiary/aromatic N) is 3. The molecular weight excluding hydrogens is 242 g/mol. The van der Waals surface area contributed by atoms with E-state index in [1.807, 2.05) is 23.8 Å². The smallest absolute Gasteiger partial charge is 0.180 e. The predicted octanol–water partition coefficient (Wildman–Crippen LogP) is 1.61. The molecule has 1 aliphatic rings. The summed E-state index contributed by atoms with van der Waals surface area (Å²) in [6, 6.07) is 0. The zero-order valence-corrected chi connectivity index (χ0v) is 11.3. The van der Waals surface area contributed by atoms with Gasteiger partial charge in [0, 0.05) is 38.5 Å². The summed E-state index contributed by atoms with van der Waals surface area (Å²) < 4.78 is 7.55. The van der Waals surface area contributed by atoms with Gasteiger partial charge in [-0.1, -0.05) is 0 Å². The second-order valence-electron chi connectivity index (χ2n) is 4.89. The monoisotopic (exact) mass is 261 g/mol. The van der Waals surface area contributed by atoms with E-state index in [0.717, 1.165) is 36.9 Å². The summed E-state index contributed by atoms with van der Waals surface area (Å²) in [6.45, 7) is 3.85. The Kier molecular flexibility index (Phi) is 3.25. The minimum Gasteiger partial charge on any atom is -0.378 e. The lowest BCUT2D eigenvalue weighted by atomic mass is 10.0. The van der Waals surface area contributed by atoms with Crippen LogP contribution in [-0.2, 0) is 4.74 Å². The molecular formula is C13H19N5O. The van der Waals surface area contributed by atoms with Gasteiger partial charge in [-0.3, -0.25) is 0 Å². The molecule has 0 saturated carbocycles. The summed E-state index contributed by atoms with van der Waals surface area (Å²) >= 11 is 0. The molecule has 2 atom stereocenters. The Balaban J connectivity index is 1.81. The molecule has 6 heteroatoms. The maximum Gasteiger partial charge on any atom is 0.180 e. The van der Waals surface area contributed by atoms with Crippen molar-refractivity contribution < 1.29 is 4.74 Å². The normalized spacial score (nSPS) is 22.8. The number of nitrogens with one attached hydrogen (secondary N) is 2. The number of ether oxygens (including phenoxy) is 1. The van der Waals surface area contributed by atoms with Gasteiger partial charge in [-0.25, -0.2) is 9.97 Å². The third-order valence-electron chi connectivity index (χ3n) is 3.70. The lowest BCUT2D eigenvalue weighted by Crippen LogP contribution is -2.21. The van der Waals surface area contributed by atoms with Crippen molar-refractivity contribution in [3.05, 3.63) is 18.6 Å². The molecule has 2 aromatic heterocycles. The molecule has 19 heavy (non-hydrogen) atoms. The molecule has 1 fully saturated rings. The molecule has 0 aromatic carbocycles. The van der Waals surface area contributed by atoms with Crippen LogP contribution >= 0.6 is 0 Å². The Labute approximate surface area is 112 Å². The molecule has 2 aromatic rings. The van der Waals surface area contributed by atoms with E-state index >= 15 is 0 Å². The molecule has 0 bridgehead atoms. The Morgan fingerprint density at radius 3 is 3.16 bits per heavy atom. The molecule has 2 unspecified atom stereocenters. The predicted molar refractivity (Wildman–Crippen MR) is 74.5 cm³/mol. The number of hydrogen-bond acceptors (Lipinski definition) is 5. The summed E-state index contributed by atoms with van der Waals surface area (Å²) in [5, 5.41) is 6.47. The van der Waals surface area contributed by atoms with Crippen molar-refractivity contribution in [2.24, 2.45) is 5.92 Å². The highest BCUT2D eigenvalue weighted by Gasteiger charge is 2.24. The van der Waals surface area contributed by atoms with Gasteiger partial charge < -0.3 is 19.8 Å². The van der Waals surface area contributed by atoms with Crippen LogP contribution in [0.3, 0.4) is 0 Å². The molecule has 1 saturated heterocycles. The summed E-state index contributed by atoms with van der Waals surface area (Å²) in [5.74, 6) is 2.18. The SMILES string of the molecule is CNc1cn2ccnc2c(NCC2CCOC2C)n1. The quantitative estimate of drug-likeness (QED) is 0.875. The zero-order valence-electron chi connectivity index (χ0n) is 11.3. The average molecular weight is 261 g/mol. The Morgan fingerprint density at radius 1 is 1.53 bits per heavy atom. The molecule has 6 nitrogen and oxygen atoms in total. The summed E-state index contributed by atoms with van der Waals surface area (Å²) in [6.07, 6.45) is 7.04. The van der Waals surface area contributed by atoms with Crippen molar-refractivity contribution in [1.29, 1.82) is 0 Å². The van der Waals surface area contributed by atoms with Gasteiger partial charge in [0.2, 0.25) is 0 Å². The molecule has 0 aliphatic carbocycles. The third kappa shape index (κ3) is 2.35. The van der Waals surface area contributed by atoms with Crippen molar-refractivity contribution in [2.45, 2.75) is 19.4 Å². The maximum atomic E-state index is 5.58. The van der Waals surface area contributed by atoms with E-state index in [1.165, 1.54) is 0 Å². The van der Waals surface area contributed by atoms with Gasteiger partial charge in [0.05, 0.1) is 12.3 Å². The van der Waals surface area contributed by atoms with E-state index in [9.17, 15) is 0 Å². The van der Waals surface area contributed by atoms with Crippen LogP contribution in [-0.4, -0.2) is 40.7 Å². The lowest BCUT2D eigenvalue weighted by Gasteiger charge is -2.16. The molecule has 0 spiro atoms. The first kappa shape index (κ1) is 12.2. The molecule has 3 heterocycles. The van der Waals surface area contributed by atoms with Crippen molar-refractivity contribution in [2.75, 3.05) is 30.8 Å². The van der Waals surface area contributed by atoms with Gasteiger partial charge in [0.15, 0.2) is 11.5 Å². The first-order valence-corrected chi connectivity index (χ1v) is 6.65. The van der Waals surface area contributed by atoms with Gasteiger partial charge in [0.1, 0.15) is 5.82 Å². The average Bonchev–Trinajstić information content (AvgIpc) is 3.04. The van der Waals surface area contributed by atoms with Crippen molar-refractivity contribution in [1.82, 2.24) is 14.4 Å². The summed E-state index contributed by atoms with van der Waals surface area (Å²) in [4.78, 5) is 8.87. The van der Waals surface area contributed by atoms with E-state index in [-0.39, 0.29) is 0 Å². The largest absolute Gasteiger partial charge is 0.378 e.